The lowest BCUT2D eigenvalue weighted by Crippen LogP contribution is -2.54. The lowest BCUT2D eigenvalue weighted by molar-refractivity contribution is -0.187. The second kappa shape index (κ2) is 14.3. The number of halogens is 3. The van der Waals surface area contributed by atoms with E-state index in [0.717, 1.165) is 21.4 Å². The zero-order valence-corrected chi connectivity index (χ0v) is 28.4. The fourth-order valence-electron chi connectivity index (χ4n) is 5.96. The molecule has 1 amide bonds. The molecule has 2 atom stereocenters. The van der Waals surface area contributed by atoms with Crippen LogP contribution >= 0.6 is 0 Å². The number of carbonyl (C=O) groups excluding carboxylic acids is 1. The van der Waals surface area contributed by atoms with E-state index < -0.39 is 36.4 Å². The number of hydrogen-bond donors (Lipinski definition) is 1. The smallest absolute Gasteiger partial charge is 0.410 e. The highest BCUT2D eigenvalue weighted by molar-refractivity contribution is 5.96. The fourth-order valence-corrected chi connectivity index (χ4v) is 5.96. The van der Waals surface area contributed by atoms with Gasteiger partial charge in [-0.25, -0.2) is 4.79 Å². The maximum atomic E-state index is 14.3. The highest BCUT2D eigenvalue weighted by Crippen LogP contribution is 2.38. The van der Waals surface area contributed by atoms with Crippen molar-refractivity contribution >= 4 is 22.7 Å². The second-order valence-electron chi connectivity index (χ2n) is 13.4. The first-order valence-corrected chi connectivity index (χ1v) is 16.5. The van der Waals surface area contributed by atoms with Crippen LogP contribution in [0.1, 0.15) is 38.3 Å². The Hall–Kier alpha value is -5.26. The van der Waals surface area contributed by atoms with Crippen molar-refractivity contribution in [2.24, 2.45) is 13.0 Å². The summed E-state index contributed by atoms with van der Waals surface area (Å²) in [5.41, 5.74) is 3.63. The van der Waals surface area contributed by atoms with Gasteiger partial charge in [0, 0.05) is 43.3 Å². The summed E-state index contributed by atoms with van der Waals surface area (Å²) < 4.78 is 62.1. The van der Waals surface area contributed by atoms with Crippen molar-refractivity contribution in [3.8, 4) is 23.0 Å². The number of amides is 1. The topological polar surface area (TPSA) is 90.7 Å². The largest absolute Gasteiger partial charge is 0.473 e. The molecular formula is C38H40F3N5O4. The van der Waals surface area contributed by atoms with Gasteiger partial charge in [0.25, 0.3) is 0 Å². The van der Waals surface area contributed by atoms with Gasteiger partial charge in [-0.2, -0.15) is 23.3 Å². The van der Waals surface area contributed by atoms with Crippen molar-refractivity contribution in [2.75, 3.05) is 18.4 Å². The van der Waals surface area contributed by atoms with Crippen molar-refractivity contribution in [3.05, 3.63) is 102 Å². The van der Waals surface area contributed by atoms with E-state index in [2.05, 4.69) is 5.32 Å². The summed E-state index contributed by atoms with van der Waals surface area (Å²) in [6.07, 6.45) is -5.17. The molecule has 0 unspecified atom stereocenters. The number of aromatic nitrogens is 3. The maximum Gasteiger partial charge on any atom is 0.410 e. The van der Waals surface area contributed by atoms with Crippen molar-refractivity contribution in [3.63, 3.8) is 0 Å². The van der Waals surface area contributed by atoms with E-state index in [0.29, 0.717) is 40.8 Å². The maximum absolute atomic E-state index is 14.3. The second-order valence-corrected chi connectivity index (χ2v) is 13.4. The highest BCUT2D eigenvalue weighted by Gasteiger charge is 2.49. The molecule has 1 aliphatic heterocycles. The number of carbonyl (C=O) groups is 1. The Morgan fingerprint density at radius 2 is 1.56 bits per heavy atom. The van der Waals surface area contributed by atoms with Crippen LogP contribution in [0.25, 0.3) is 22.2 Å². The van der Waals surface area contributed by atoms with Gasteiger partial charge < -0.3 is 24.4 Å². The standard InChI is InChI=1S/C38H40F3N5O4/c1-37(2,3)50-36(47)46-20-19-31(30(22-46)38(39,40)41)42-27-15-16-28-32(21-27)45(4)44-34(28)29-17-18-33(48-23-25-11-7-5-8-12-25)43-35(29)49-24-26-13-9-6-10-14-26/h5-18,21,30-31,42H,19-20,22-24H2,1-4H3/t30-,31+/m1/s1. The van der Waals surface area contributed by atoms with Gasteiger partial charge in [0.1, 0.15) is 24.5 Å². The summed E-state index contributed by atoms with van der Waals surface area (Å²) in [6.45, 7) is 5.32. The first-order chi connectivity index (χ1) is 23.8. The van der Waals surface area contributed by atoms with Crippen LogP contribution in [0.15, 0.2) is 91.0 Å². The lowest BCUT2D eigenvalue weighted by Gasteiger charge is -2.40. The van der Waals surface area contributed by atoms with Crippen LogP contribution in [-0.4, -0.2) is 56.7 Å². The minimum absolute atomic E-state index is 0.102. The summed E-state index contributed by atoms with van der Waals surface area (Å²) in [7, 11) is 1.78. The molecule has 5 aromatic rings. The third-order valence-electron chi connectivity index (χ3n) is 8.43. The van der Waals surface area contributed by atoms with Gasteiger partial charge >= 0.3 is 12.3 Å². The molecule has 0 spiro atoms. The molecule has 6 rings (SSSR count). The summed E-state index contributed by atoms with van der Waals surface area (Å²) in [5, 5.41) is 8.67. The molecule has 0 bridgehead atoms. The van der Waals surface area contributed by atoms with Crippen LogP contribution in [0.5, 0.6) is 11.8 Å². The molecule has 0 saturated carbocycles. The van der Waals surface area contributed by atoms with Crippen LogP contribution in [-0.2, 0) is 25.0 Å². The Kier molecular flexibility index (Phi) is 9.90. The number of fused-ring (bicyclic) bond motifs is 1. The van der Waals surface area contributed by atoms with Gasteiger partial charge in [-0.1, -0.05) is 60.7 Å². The van der Waals surface area contributed by atoms with E-state index in [4.69, 9.17) is 24.3 Å². The number of rotatable bonds is 9. The first-order valence-electron chi connectivity index (χ1n) is 16.5. The van der Waals surface area contributed by atoms with Crippen LogP contribution in [0, 0.1) is 5.92 Å². The number of hydrogen-bond acceptors (Lipinski definition) is 7. The summed E-state index contributed by atoms with van der Waals surface area (Å²) in [5.74, 6) is -1.05. The van der Waals surface area contributed by atoms with E-state index >= 15 is 0 Å². The third kappa shape index (κ3) is 8.30. The molecule has 2 aromatic heterocycles. The molecule has 1 fully saturated rings. The van der Waals surface area contributed by atoms with E-state index in [-0.39, 0.29) is 19.6 Å². The van der Waals surface area contributed by atoms with E-state index in [1.807, 2.05) is 72.8 Å². The van der Waals surface area contributed by atoms with Crippen molar-refractivity contribution in [2.45, 2.75) is 58.2 Å². The molecule has 3 heterocycles. The average Bonchev–Trinajstić information content (AvgIpc) is 3.41. The van der Waals surface area contributed by atoms with Crippen molar-refractivity contribution < 1.29 is 32.2 Å². The monoisotopic (exact) mass is 687 g/mol. The Bertz CT molecular complexity index is 1930. The first kappa shape index (κ1) is 34.6. The van der Waals surface area contributed by atoms with Gasteiger partial charge in [0.05, 0.1) is 17.0 Å². The number of ether oxygens (including phenoxy) is 3. The molecule has 9 nitrogen and oxygen atoms in total. The van der Waals surface area contributed by atoms with Gasteiger partial charge in [-0.3, -0.25) is 4.68 Å². The molecule has 12 heteroatoms. The Labute approximate surface area is 289 Å². The van der Waals surface area contributed by atoms with Gasteiger partial charge in [0.2, 0.25) is 11.8 Å². The molecule has 1 saturated heterocycles. The Balaban J connectivity index is 1.25. The lowest BCUT2D eigenvalue weighted by atomic mass is 9.91. The number of nitrogens with one attached hydrogen (secondary N) is 1. The van der Waals surface area contributed by atoms with Crippen molar-refractivity contribution in [1.29, 1.82) is 0 Å². The van der Waals surface area contributed by atoms with E-state index in [1.165, 1.54) is 0 Å². The molecule has 0 aliphatic carbocycles. The minimum atomic E-state index is -4.53. The quantitative estimate of drug-likeness (QED) is 0.167. The normalized spacial score (nSPS) is 16.7. The molecular weight excluding hydrogens is 647 g/mol. The van der Waals surface area contributed by atoms with Gasteiger partial charge in [-0.15, -0.1) is 0 Å². The van der Waals surface area contributed by atoms with E-state index in [1.54, 1.807) is 50.7 Å². The number of aryl methyl sites for hydroxylation is 1. The minimum Gasteiger partial charge on any atom is -0.473 e. The Morgan fingerprint density at radius 1 is 0.900 bits per heavy atom. The number of anilines is 1. The summed E-state index contributed by atoms with van der Waals surface area (Å²) in [4.78, 5) is 18.4. The van der Waals surface area contributed by atoms with Crippen LogP contribution < -0.4 is 14.8 Å². The highest BCUT2D eigenvalue weighted by atomic mass is 19.4. The predicted octanol–water partition coefficient (Wildman–Crippen LogP) is 8.39. The number of pyridine rings is 1. The molecule has 3 aromatic carbocycles. The fraction of sp³-hybridized carbons (Fsp3) is 0.342. The van der Waals surface area contributed by atoms with E-state index in [9.17, 15) is 18.0 Å². The predicted molar refractivity (Wildman–Crippen MR) is 185 cm³/mol. The van der Waals surface area contributed by atoms with Crippen LogP contribution in [0.3, 0.4) is 0 Å². The van der Waals surface area contributed by atoms with Gasteiger partial charge in [-0.05, 0) is 62.6 Å². The zero-order chi connectivity index (χ0) is 35.5. The molecule has 50 heavy (non-hydrogen) atoms. The van der Waals surface area contributed by atoms with Crippen LogP contribution in [0.4, 0.5) is 23.7 Å². The average molecular weight is 688 g/mol. The van der Waals surface area contributed by atoms with Gasteiger partial charge in [0.15, 0.2) is 0 Å². The third-order valence-corrected chi connectivity index (χ3v) is 8.43. The Morgan fingerprint density at radius 3 is 2.20 bits per heavy atom. The summed E-state index contributed by atoms with van der Waals surface area (Å²) >= 11 is 0. The number of likely N-dealkylation sites (tertiary alicyclic amines) is 1. The van der Waals surface area contributed by atoms with Crippen LogP contribution in [0.2, 0.25) is 0 Å². The number of benzene rings is 3. The molecule has 0 radical (unpaired) electrons. The number of piperidine rings is 1. The molecule has 1 aliphatic rings. The van der Waals surface area contributed by atoms with Crippen molar-refractivity contribution in [1.82, 2.24) is 19.7 Å². The summed E-state index contributed by atoms with van der Waals surface area (Å²) in [6, 6.07) is 27.6. The number of alkyl halides is 3. The molecule has 1 N–H and O–H groups in total. The molecule has 262 valence electrons. The SMILES string of the molecule is Cn1nc(-c2ccc(OCc3ccccc3)nc2OCc2ccccc2)c2ccc(N[C@H]3CCN(C(=O)OC(C)(C)C)C[C@H]3C(F)(F)F)cc21. The number of nitrogens with zero attached hydrogens (tertiary/aromatic N) is 4. The zero-order valence-electron chi connectivity index (χ0n) is 28.4.